The molecule has 1 N–H and O–H groups in total. The molecule has 0 aliphatic heterocycles. The fraction of sp³-hybridized carbons (Fsp3) is 0.385. The largest absolute Gasteiger partial charge is 0.389 e. The zero-order valence-electron chi connectivity index (χ0n) is 10.8. The molecular weight excluding hydrogens is 303 g/mol. The summed E-state index contributed by atoms with van der Waals surface area (Å²) in [6, 6.07) is 3.05. The lowest BCUT2D eigenvalue weighted by atomic mass is 10.2. The summed E-state index contributed by atoms with van der Waals surface area (Å²) < 4.78 is 6.42. The summed E-state index contributed by atoms with van der Waals surface area (Å²) in [6.07, 6.45) is 0.584. The van der Waals surface area contributed by atoms with Crippen molar-refractivity contribution in [1.82, 2.24) is 9.55 Å². The average molecular weight is 317 g/mol. The minimum atomic E-state index is -0.776. The minimum Gasteiger partial charge on any atom is -0.389 e. The van der Waals surface area contributed by atoms with Crippen molar-refractivity contribution >= 4 is 34.1 Å². The van der Waals surface area contributed by atoms with Crippen LogP contribution < -0.4 is 5.56 Å². The first-order chi connectivity index (χ1) is 9.52. The second-order valence-corrected chi connectivity index (χ2v) is 5.14. The number of hydrogen-bond donors (Lipinski definition) is 1. The Bertz CT molecular complexity index is 672. The quantitative estimate of drug-likeness (QED) is 0.917. The highest BCUT2D eigenvalue weighted by Gasteiger charge is 2.11. The average Bonchev–Trinajstić information content (AvgIpc) is 2.40. The van der Waals surface area contributed by atoms with Gasteiger partial charge in [0, 0.05) is 11.6 Å². The van der Waals surface area contributed by atoms with Crippen molar-refractivity contribution in [2.75, 3.05) is 13.2 Å². The van der Waals surface area contributed by atoms with Crippen LogP contribution in [0.25, 0.3) is 10.9 Å². The maximum absolute atomic E-state index is 12.3. The Balaban J connectivity index is 2.37. The normalized spacial score (nSPS) is 12.8. The Labute approximate surface area is 125 Å². The monoisotopic (exact) mass is 316 g/mol. The van der Waals surface area contributed by atoms with Crippen molar-refractivity contribution in [1.29, 1.82) is 0 Å². The van der Waals surface area contributed by atoms with Gasteiger partial charge in [-0.1, -0.05) is 23.2 Å². The third-order valence-electron chi connectivity index (χ3n) is 2.77. The van der Waals surface area contributed by atoms with E-state index in [4.69, 9.17) is 27.9 Å². The van der Waals surface area contributed by atoms with Gasteiger partial charge in [-0.15, -0.1) is 0 Å². The van der Waals surface area contributed by atoms with E-state index in [1.807, 2.05) is 6.92 Å². The molecule has 0 saturated heterocycles. The fourth-order valence-corrected chi connectivity index (χ4v) is 2.40. The molecule has 2 aromatic rings. The van der Waals surface area contributed by atoms with Gasteiger partial charge < -0.3 is 9.84 Å². The van der Waals surface area contributed by atoms with E-state index in [0.717, 1.165) is 0 Å². The number of hydrogen-bond acceptors (Lipinski definition) is 4. The van der Waals surface area contributed by atoms with Crippen LogP contribution in [0.15, 0.2) is 23.3 Å². The first-order valence-corrected chi connectivity index (χ1v) is 6.88. The van der Waals surface area contributed by atoms with Crippen LogP contribution in [-0.4, -0.2) is 34.0 Å². The number of rotatable bonds is 5. The lowest BCUT2D eigenvalue weighted by molar-refractivity contribution is 0.0329. The molecule has 0 bridgehead atoms. The van der Waals surface area contributed by atoms with E-state index < -0.39 is 6.10 Å². The molecule has 5 nitrogen and oxygen atoms in total. The van der Waals surface area contributed by atoms with E-state index in [-0.39, 0.29) is 18.7 Å². The number of benzene rings is 1. The van der Waals surface area contributed by atoms with E-state index in [0.29, 0.717) is 27.6 Å². The van der Waals surface area contributed by atoms with Crippen molar-refractivity contribution in [2.24, 2.45) is 0 Å². The molecular formula is C13H14Cl2N2O3. The smallest absolute Gasteiger partial charge is 0.261 e. The Hall–Kier alpha value is -1.14. The molecule has 0 radical (unpaired) electrons. The minimum absolute atomic E-state index is 0.103. The summed E-state index contributed by atoms with van der Waals surface area (Å²) in [7, 11) is 0. The zero-order valence-corrected chi connectivity index (χ0v) is 12.4. The van der Waals surface area contributed by atoms with Gasteiger partial charge >= 0.3 is 0 Å². The van der Waals surface area contributed by atoms with Gasteiger partial charge in [-0.3, -0.25) is 9.36 Å². The number of aliphatic hydroxyl groups excluding tert-OH is 1. The lowest BCUT2D eigenvalue weighted by Gasteiger charge is -2.13. The Morgan fingerprint density at radius 1 is 1.45 bits per heavy atom. The Morgan fingerprint density at radius 2 is 2.20 bits per heavy atom. The Morgan fingerprint density at radius 3 is 2.90 bits per heavy atom. The first-order valence-electron chi connectivity index (χ1n) is 6.13. The molecule has 0 saturated carbocycles. The maximum atomic E-state index is 12.3. The molecule has 2 rings (SSSR count). The zero-order chi connectivity index (χ0) is 14.7. The predicted octanol–water partition coefficient (Wildman–Crippen LogP) is 2.10. The molecule has 0 spiro atoms. The number of aromatic nitrogens is 2. The summed E-state index contributed by atoms with van der Waals surface area (Å²) in [5, 5.41) is 10.8. The SMILES string of the molecule is CCOC[C@@H](O)Cn1cnc2c(Cl)cc(Cl)cc2c1=O. The summed E-state index contributed by atoms with van der Waals surface area (Å²) in [4.78, 5) is 16.4. The third-order valence-corrected chi connectivity index (χ3v) is 3.27. The molecule has 1 heterocycles. The van der Waals surface area contributed by atoms with Gasteiger partial charge in [0.25, 0.3) is 5.56 Å². The third kappa shape index (κ3) is 3.30. The van der Waals surface area contributed by atoms with Crippen molar-refractivity contribution in [3.05, 3.63) is 38.9 Å². The molecule has 20 heavy (non-hydrogen) atoms. The summed E-state index contributed by atoms with van der Waals surface area (Å²) >= 11 is 11.9. The summed E-state index contributed by atoms with van der Waals surface area (Å²) in [5.41, 5.74) is 0.103. The number of nitrogens with zero attached hydrogens (tertiary/aromatic N) is 2. The Kier molecular flexibility index (Phi) is 4.99. The van der Waals surface area contributed by atoms with Crippen molar-refractivity contribution in [3.8, 4) is 0 Å². The lowest BCUT2D eigenvalue weighted by Crippen LogP contribution is -2.29. The standard InChI is InChI=1S/C13H14Cl2N2O3/c1-2-20-6-9(18)5-17-7-16-12-10(13(17)19)3-8(14)4-11(12)15/h3-4,7,9,18H,2,5-6H2,1H3/t9-/m0/s1. The van der Waals surface area contributed by atoms with Gasteiger partial charge in [-0.25, -0.2) is 4.98 Å². The summed E-state index contributed by atoms with van der Waals surface area (Å²) in [5.74, 6) is 0. The molecule has 1 aromatic heterocycles. The first kappa shape index (κ1) is 15.3. The highest BCUT2D eigenvalue weighted by molar-refractivity contribution is 6.38. The van der Waals surface area contributed by atoms with Crippen LogP contribution in [0.2, 0.25) is 10.0 Å². The number of aliphatic hydroxyl groups is 1. The van der Waals surface area contributed by atoms with E-state index in [1.165, 1.54) is 23.0 Å². The number of fused-ring (bicyclic) bond motifs is 1. The van der Waals surface area contributed by atoms with Gasteiger partial charge in [0.05, 0.1) is 41.5 Å². The highest BCUT2D eigenvalue weighted by Crippen LogP contribution is 2.23. The fourth-order valence-electron chi connectivity index (χ4n) is 1.86. The molecule has 108 valence electrons. The molecule has 0 fully saturated rings. The van der Waals surface area contributed by atoms with Crippen molar-refractivity contribution in [3.63, 3.8) is 0 Å². The van der Waals surface area contributed by atoms with E-state index >= 15 is 0 Å². The van der Waals surface area contributed by atoms with Crippen LogP contribution >= 0.6 is 23.2 Å². The predicted molar refractivity (Wildman–Crippen MR) is 78.5 cm³/mol. The van der Waals surface area contributed by atoms with E-state index in [2.05, 4.69) is 4.98 Å². The number of halogens is 2. The van der Waals surface area contributed by atoms with Crippen LogP contribution in [0.5, 0.6) is 0 Å². The topological polar surface area (TPSA) is 64.3 Å². The molecule has 0 amide bonds. The highest BCUT2D eigenvalue weighted by atomic mass is 35.5. The molecule has 1 aromatic carbocycles. The molecule has 1 atom stereocenters. The van der Waals surface area contributed by atoms with Crippen molar-refractivity contribution in [2.45, 2.75) is 19.6 Å². The van der Waals surface area contributed by atoms with Gasteiger partial charge in [0.2, 0.25) is 0 Å². The van der Waals surface area contributed by atoms with E-state index in [9.17, 15) is 9.90 Å². The molecule has 7 heteroatoms. The van der Waals surface area contributed by atoms with Crippen molar-refractivity contribution < 1.29 is 9.84 Å². The second kappa shape index (κ2) is 6.54. The number of ether oxygens (including phenoxy) is 1. The maximum Gasteiger partial charge on any atom is 0.261 e. The molecule has 0 aliphatic rings. The van der Waals surface area contributed by atoms with Crippen LogP contribution in [0.3, 0.4) is 0 Å². The van der Waals surface area contributed by atoms with Gasteiger partial charge in [-0.2, -0.15) is 0 Å². The van der Waals surface area contributed by atoms with Gasteiger partial charge in [0.15, 0.2) is 0 Å². The van der Waals surface area contributed by atoms with Crippen LogP contribution in [0.4, 0.5) is 0 Å². The second-order valence-electron chi connectivity index (χ2n) is 4.30. The van der Waals surface area contributed by atoms with E-state index in [1.54, 1.807) is 0 Å². The van der Waals surface area contributed by atoms with Gasteiger partial charge in [0.1, 0.15) is 0 Å². The molecule has 0 aliphatic carbocycles. The van der Waals surface area contributed by atoms with Crippen LogP contribution in [0.1, 0.15) is 6.92 Å². The summed E-state index contributed by atoms with van der Waals surface area (Å²) in [6.45, 7) is 2.61. The molecule has 0 unspecified atom stereocenters. The van der Waals surface area contributed by atoms with Crippen LogP contribution in [-0.2, 0) is 11.3 Å². The van der Waals surface area contributed by atoms with Crippen LogP contribution in [0, 0.1) is 0 Å². The van der Waals surface area contributed by atoms with Gasteiger partial charge in [-0.05, 0) is 19.1 Å².